The Balaban J connectivity index is 3.19. The van der Waals surface area contributed by atoms with Gasteiger partial charge in [-0.2, -0.15) is 23.1 Å². The van der Waals surface area contributed by atoms with Crippen molar-refractivity contribution in [1.82, 2.24) is 9.97 Å². The lowest BCUT2D eigenvalue weighted by Gasteiger charge is -2.16. The lowest BCUT2D eigenvalue weighted by Crippen LogP contribution is -2.18. The van der Waals surface area contributed by atoms with Crippen LogP contribution in [0.15, 0.2) is 6.07 Å². The second-order valence-corrected chi connectivity index (χ2v) is 3.95. The molecule has 0 aromatic carbocycles. The van der Waals surface area contributed by atoms with E-state index in [9.17, 15) is 13.2 Å². The van der Waals surface area contributed by atoms with Gasteiger partial charge in [-0.05, 0) is 13.8 Å². The van der Waals surface area contributed by atoms with Crippen LogP contribution in [0.2, 0.25) is 0 Å². The number of ether oxygens (including phenoxy) is 1. The number of aromatic nitrogens is 2. The van der Waals surface area contributed by atoms with Gasteiger partial charge < -0.3 is 9.64 Å². The molecule has 0 amide bonds. The van der Waals surface area contributed by atoms with Crippen molar-refractivity contribution in [2.75, 3.05) is 19.0 Å². The minimum atomic E-state index is -4.51. The van der Waals surface area contributed by atoms with Gasteiger partial charge in [0.2, 0.25) is 0 Å². The molecule has 0 aliphatic rings. The fourth-order valence-corrected chi connectivity index (χ4v) is 1.05. The van der Waals surface area contributed by atoms with Gasteiger partial charge in [-0.3, -0.25) is 0 Å². The van der Waals surface area contributed by atoms with Crippen molar-refractivity contribution < 1.29 is 17.9 Å². The zero-order chi connectivity index (χ0) is 13.2. The van der Waals surface area contributed by atoms with Crippen LogP contribution in [-0.2, 0) is 6.18 Å². The molecule has 0 fully saturated rings. The molecule has 0 N–H and O–H groups in total. The van der Waals surface area contributed by atoms with Gasteiger partial charge >= 0.3 is 12.2 Å². The Morgan fingerprint density at radius 1 is 1.24 bits per heavy atom. The predicted molar refractivity (Wildman–Crippen MR) is 57.1 cm³/mol. The lowest BCUT2D eigenvalue weighted by atomic mass is 10.3. The van der Waals surface area contributed by atoms with Crippen LogP contribution in [0.3, 0.4) is 0 Å². The third-order valence-corrected chi connectivity index (χ3v) is 1.78. The van der Waals surface area contributed by atoms with Crippen LogP contribution in [0.25, 0.3) is 0 Å². The highest BCUT2D eigenvalue weighted by molar-refractivity contribution is 5.39. The van der Waals surface area contributed by atoms with Gasteiger partial charge in [-0.25, -0.2) is 0 Å². The van der Waals surface area contributed by atoms with E-state index in [1.807, 2.05) is 0 Å². The van der Waals surface area contributed by atoms with Crippen molar-refractivity contribution in [3.63, 3.8) is 0 Å². The zero-order valence-electron chi connectivity index (χ0n) is 10.0. The average Bonchev–Trinajstić information content (AvgIpc) is 2.14. The highest BCUT2D eigenvalue weighted by Gasteiger charge is 2.34. The Morgan fingerprint density at radius 2 is 1.82 bits per heavy atom. The Bertz CT molecular complexity index is 391. The zero-order valence-corrected chi connectivity index (χ0v) is 10.0. The summed E-state index contributed by atoms with van der Waals surface area (Å²) in [6.07, 6.45) is -4.79. The molecule has 1 aromatic rings. The summed E-state index contributed by atoms with van der Waals surface area (Å²) >= 11 is 0. The summed E-state index contributed by atoms with van der Waals surface area (Å²) in [5.41, 5.74) is -1.01. The fraction of sp³-hybridized carbons (Fsp3) is 0.600. The molecular formula is C10H14F3N3O. The van der Waals surface area contributed by atoms with Crippen molar-refractivity contribution in [2.45, 2.75) is 26.1 Å². The van der Waals surface area contributed by atoms with Crippen molar-refractivity contribution in [2.24, 2.45) is 0 Å². The van der Waals surface area contributed by atoms with Crippen LogP contribution in [0, 0.1) is 0 Å². The summed E-state index contributed by atoms with van der Waals surface area (Å²) in [4.78, 5) is 8.68. The average molecular weight is 249 g/mol. The summed E-state index contributed by atoms with van der Waals surface area (Å²) in [7, 11) is 3.20. The molecule has 0 aliphatic carbocycles. The van der Waals surface area contributed by atoms with Gasteiger partial charge in [-0.15, -0.1) is 0 Å². The summed E-state index contributed by atoms with van der Waals surface area (Å²) in [5.74, 6) is 0.156. The maximum absolute atomic E-state index is 12.6. The van der Waals surface area contributed by atoms with E-state index in [2.05, 4.69) is 9.97 Å². The van der Waals surface area contributed by atoms with Gasteiger partial charge in [0.25, 0.3) is 0 Å². The Hall–Kier alpha value is -1.53. The summed E-state index contributed by atoms with van der Waals surface area (Å²) in [6.45, 7) is 3.39. The first-order chi connectivity index (χ1) is 7.70. The Kier molecular flexibility index (Phi) is 3.79. The number of alkyl halides is 3. The molecule has 4 nitrogen and oxygen atoms in total. The van der Waals surface area contributed by atoms with E-state index in [1.54, 1.807) is 27.9 Å². The van der Waals surface area contributed by atoms with Gasteiger partial charge in [0.15, 0.2) is 5.69 Å². The van der Waals surface area contributed by atoms with Crippen LogP contribution >= 0.6 is 0 Å². The molecule has 0 radical (unpaired) electrons. The smallest absolute Gasteiger partial charge is 0.433 e. The molecule has 1 aromatic heterocycles. The van der Waals surface area contributed by atoms with Crippen molar-refractivity contribution in [1.29, 1.82) is 0 Å². The topological polar surface area (TPSA) is 38.2 Å². The number of rotatable bonds is 3. The quantitative estimate of drug-likeness (QED) is 0.824. The molecular weight excluding hydrogens is 235 g/mol. The van der Waals surface area contributed by atoms with Gasteiger partial charge in [0.1, 0.15) is 5.82 Å². The molecule has 17 heavy (non-hydrogen) atoms. The Labute approximate surface area is 97.4 Å². The lowest BCUT2D eigenvalue weighted by molar-refractivity contribution is -0.141. The highest BCUT2D eigenvalue weighted by atomic mass is 19.4. The third-order valence-electron chi connectivity index (χ3n) is 1.78. The number of hydrogen-bond donors (Lipinski definition) is 0. The van der Waals surface area contributed by atoms with Crippen LogP contribution in [0.5, 0.6) is 6.01 Å². The molecule has 96 valence electrons. The van der Waals surface area contributed by atoms with Gasteiger partial charge in [0, 0.05) is 20.2 Å². The van der Waals surface area contributed by atoms with E-state index < -0.39 is 11.9 Å². The Morgan fingerprint density at radius 3 is 2.24 bits per heavy atom. The minimum absolute atomic E-state index is 0.156. The van der Waals surface area contributed by atoms with Crippen LogP contribution in [0.1, 0.15) is 19.5 Å². The number of hydrogen-bond acceptors (Lipinski definition) is 4. The summed E-state index contributed by atoms with van der Waals surface area (Å²) in [6, 6.07) is 0.617. The first kappa shape index (κ1) is 13.5. The molecule has 0 atom stereocenters. The fourth-order valence-electron chi connectivity index (χ4n) is 1.05. The van der Waals surface area contributed by atoms with Crippen LogP contribution < -0.4 is 9.64 Å². The van der Waals surface area contributed by atoms with Crippen molar-refractivity contribution in [3.8, 4) is 6.01 Å². The third kappa shape index (κ3) is 3.76. The van der Waals surface area contributed by atoms with Crippen LogP contribution in [0.4, 0.5) is 19.0 Å². The molecule has 0 unspecified atom stereocenters. The van der Waals surface area contributed by atoms with E-state index >= 15 is 0 Å². The van der Waals surface area contributed by atoms with E-state index in [-0.39, 0.29) is 17.9 Å². The van der Waals surface area contributed by atoms with E-state index in [1.165, 1.54) is 4.90 Å². The van der Waals surface area contributed by atoms with Gasteiger partial charge in [-0.1, -0.05) is 0 Å². The molecule has 0 aliphatic heterocycles. The normalized spacial score (nSPS) is 11.8. The predicted octanol–water partition coefficient (Wildman–Crippen LogP) is 2.35. The van der Waals surface area contributed by atoms with Gasteiger partial charge in [0.05, 0.1) is 6.10 Å². The maximum Gasteiger partial charge on any atom is 0.433 e. The minimum Gasteiger partial charge on any atom is -0.461 e. The molecule has 0 bridgehead atoms. The molecule has 7 heteroatoms. The number of anilines is 1. The van der Waals surface area contributed by atoms with Crippen molar-refractivity contribution in [3.05, 3.63) is 11.8 Å². The molecule has 1 heterocycles. The van der Waals surface area contributed by atoms with E-state index in [0.717, 1.165) is 6.07 Å². The maximum atomic E-state index is 12.6. The molecule has 0 saturated heterocycles. The first-order valence-electron chi connectivity index (χ1n) is 5.00. The summed E-state index contributed by atoms with van der Waals surface area (Å²) < 4.78 is 42.8. The first-order valence-corrected chi connectivity index (χ1v) is 5.00. The SMILES string of the molecule is CC(C)Oc1nc(N(C)C)cc(C(F)(F)F)n1. The monoisotopic (exact) mass is 249 g/mol. The second-order valence-electron chi connectivity index (χ2n) is 3.95. The second kappa shape index (κ2) is 4.77. The van der Waals surface area contributed by atoms with Crippen molar-refractivity contribution >= 4 is 5.82 Å². The molecule has 1 rings (SSSR count). The number of nitrogens with zero attached hydrogens (tertiary/aromatic N) is 3. The summed E-state index contributed by atoms with van der Waals surface area (Å²) in [5, 5.41) is 0. The van der Waals surface area contributed by atoms with E-state index in [0.29, 0.717) is 0 Å². The van der Waals surface area contributed by atoms with E-state index in [4.69, 9.17) is 4.74 Å². The molecule has 0 saturated carbocycles. The highest BCUT2D eigenvalue weighted by Crippen LogP contribution is 2.30. The largest absolute Gasteiger partial charge is 0.461 e. The standard InChI is InChI=1S/C10H14F3N3O/c1-6(2)17-9-14-7(10(11,12)13)5-8(15-9)16(3)4/h5-6H,1-4H3. The molecule has 0 spiro atoms. The number of halogens is 3. The van der Waals surface area contributed by atoms with Crippen LogP contribution in [-0.4, -0.2) is 30.2 Å².